The lowest BCUT2D eigenvalue weighted by Gasteiger charge is -2.33. The largest absolute Gasteiger partial charge is 0.342 e. The zero-order valence-corrected chi connectivity index (χ0v) is 10.6. The molecule has 1 fully saturated rings. The maximum Gasteiger partial charge on any atom is 0.240 e. The summed E-state index contributed by atoms with van der Waals surface area (Å²) >= 11 is 0. The van der Waals surface area contributed by atoms with Crippen LogP contribution >= 0.6 is 0 Å². The molecule has 0 aromatic carbocycles. The summed E-state index contributed by atoms with van der Waals surface area (Å²) < 4.78 is 0. The summed E-state index contributed by atoms with van der Waals surface area (Å²) in [5.74, 6) is 0.329. The van der Waals surface area contributed by atoms with Crippen molar-refractivity contribution < 1.29 is 4.79 Å². The normalized spacial score (nSPS) is 17.7. The van der Waals surface area contributed by atoms with Crippen LogP contribution in [0, 0.1) is 29.1 Å². The fourth-order valence-electron chi connectivity index (χ4n) is 2.05. The van der Waals surface area contributed by atoms with Gasteiger partial charge in [0.1, 0.15) is 5.92 Å². The molecule has 90 valence electrons. The summed E-state index contributed by atoms with van der Waals surface area (Å²) in [6.45, 7) is 7.43. The number of carbonyl (C=O) groups is 1. The summed E-state index contributed by atoms with van der Waals surface area (Å²) in [7, 11) is 0. The van der Waals surface area contributed by atoms with Crippen LogP contribution in [0.1, 0.15) is 40.0 Å². The molecule has 0 spiro atoms. The van der Waals surface area contributed by atoms with E-state index in [1.165, 1.54) is 19.3 Å². The van der Waals surface area contributed by atoms with E-state index in [0.717, 1.165) is 13.1 Å². The van der Waals surface area contributed by atoms with Gasteiger partial charge in [-0.1, -0.05) is 20.3 Å². The average Bonchev–Trinajstić information content (AvgIpc) is 2.16. The summed E-state index contributed by atoms with van der Waals surface area (Å²) in [6, 6.07) is 2.13. The van der Waals surface area contributed by atoms with Gasteiger partial charge in [-0.15, -0.1) is 0 Å². The predicted octanol–water partition coefficient (Wildman–Crippen LogP) is 2.43. The van der Waals surface area contributed by atoms with Gasteiger partial charge in [0.2, 0.25) is 5.91 Å². The smallest absolute Gasteiger partial charge is 0.240 e. The predicted molar refractivity (Wildman–Crippen MR) is 63.5 cm³/mol. The summed E-state index contributed by atoms with van der Waals surface area (Å²) in [5.41, 5.74) is 0. The first-order valence-corrected chi connectivity index (χ1v) is 6.28. The van der Waals surface area contributed by atoms with Crippen LogP contribution in [0.15, 0.2) is 0 Å². The Morgan fingerprint density at radius 1 is 1.50 bits per heavy atom. The molecule has 0 aromatic heterocycles. The van der Waals surface area contributed by atoms with E-state index in [2.05, 4.69) is 6.07 Å². The monoisotopic (exact) mass is 222 g/mol. The first kappa shape index (κ1) is 13.0. The molecular weight excluding hydrogens is 200 g/mol. The van der Waals surface area contributed by atoms with Crippen LogP contribution in [-0.2, 0) is 4.79 Å². The topological polar surface area (TPSA) is 44.1 Å². The van der Waals surface area contributed by atoms with Crippen molar-refractivity contribution in [1.29, 1.82) is 5.26 Å². The molecule has 1 atom stereocenters. The number of carbonyl (C=O) groups excluding carboxylic acids is 1. The molecule has 3 nitrogen and oxygen atoms in total. The lowest BCUT2D eigenvalue weighted by molar-refractivity contribution is -0.135. The molecule has 0 N–H and O–H groups in total. The molecule has 1 saturated carbocycles. The lowest BCUT2D eigenvalue weighted by Crippen LogP contribution is -2.41. The minimum atomic E-state index is -0.472. The van der Waals surface area contributed by atoms with Crippen molar-refractivity contribution >= 4 is 5.91 Å². The zero-order chi connectivity index (χ0) is 12.1. The van der Waals surface area contributed by atoms with Gasteiger partial charge in [0.05, 0.1) is 6.07 Å². The van der Waals surface area contributed by atoms with Gasteiger partial charge in [0.15, 0.2) is 0 Å². The maximum atomic E-state index is 12.1. The Bertz CT molecular complexity index is 276. The SMILES string of the molecule is CCN(CC1CCC1)C(=O)C(C#N)C(C)C. The van der Waals surface area contributed by atoms with E-state index in [-0.39, 0.29) is 11.8 Å². The maximum absolute atomic E-state index is 12.1. The van der Waals surface area contributed by atoms with Gasteiger partial charge in [0, 0.05) is 13.1 Å². The number of nitrogens with zero attached hydrogens (tertiary/aromatic N) is 2. The molecule has 16 heavy (non-hydrogen) atoms. The third-order valence-corrected chi connectivity index (χ3v) is 3.47. The van der Waals surface area contributed by atoms with Gasteiger partial charge in [0.25, 0.3) is 0 Å². The fraction of sp³-hybridized carbons (Fsp3) is 0.846. The molecule has 0 saturated heterocycles. The van der Waals surface area contributed by atoms with Crippen molar-refractivity contribution in [3.8, 4) is 6.07 Å². The van der Waals surface area contributed by atoms with Crippen LogP contribution < -0.4 is 0 Å². The molecular formula is C13H22N2O. The standard InChI is InChI=1S/C13H22N2O/c1-4-15(9-11-6-5-7-11)13(16)12(8-14)10(2)3/h10-12H,4-7,9H2,1-3H3. The van der Waals surface area contributed by atoms with E-state index in [4.69, 9.17) is 5.26 Å². The highest BCUT2D eigenvalue weighted by atomic mass is 16.2. The van der Waals surface area contributed by atoms with E-state index >= 15 is 0 Å². The van der Waals surface area contributed by atoms with E-state index in [1.54, 1.807) is 0 Å². The van der Waals surface area contributed by atoms with Gasteiger partial charge in [-0.2, -0.15) is 5.26 Å². The van der Waals surface area contributed by atoms with Gasteiger partial charge >= 0.3 is 0 Å². The van der Waals surface area contributed by atoms with Crippen molar-refractivity contribution in [3.05, 3.63) is 0 Å². The van der Waals surface area contributed by atoms with Crippen molar-refractivity contribution in [2.75, 3.05) is 13.1 Å². The quantitative estimate of drug-likeness (QED) is 0.717. The third kappa shape index (κ3) is 2.98. The van der Waals surface area contributed by atoms with Crippen molar-refractivity contribution in [3.63, 3.8) is 0 Å². The Kier molecular flexibility index (Phi) is 4.79. The third-order valence-electron chi connectivity index (χ3n) is 3.47. The van der Waals surface area contributed by atoms with E-state index in [1.807, 2.05) is 25.7 Å². The Balaban J connectivity index is 2.56. The highest BCUT2D eigenvalue weighted by molar-refractivity contribution is 5.81. The van der Waals surface area contributed by atoms with Gasteiger partial charge in [-0.05, 0) is 31.6 Å². The van der Waals surface area contributed by atoms with Crippen molar-refractivity contribution in [2.24, 2.45) is 17.8 Å². The van der Waals surface area contributed by atoms with E-state index in [0.29, 0.717) is 5.92 Å². The molecule has 0 aromatic rings. The van der Waals surface area contributed by atoms with Crippen LogP contribution in [0.4, 0.5) is 0 Å². The Morgan fingerprint density at radius 2 is 2.12 bits per heavy atom. The van der Waals surface area contributed by atoms with Crippen molar-refractivity contribution in [1.82, 2.24) is 4.90 Å². The summed E-state index contributed by atoms with van der Waals surface area (Å²) in [6.07, 6.45) is 3.77. The minimum Gasteiger partial charge on any atom is -0.342 e. The van der Waals surface area contributed by atoms with Crippen LogP contribution in [0.5, 0.6) is 0 Å². The van der Waals surface area contributed by atoms with Crippen LogP contribution in [0.2, 0.25) is 0 Å². The van der Waals surface area contributed by atoms with Crippen LogP contribution in [0.25, 0.3) is 0 Å². The molecule has 1 rings (SSSR count). The van der Waals surface area contributed by atoms with Crippen LogP contribution in [0.3, 0.4) is 0 Å². The molecule has 0 bridgehead atoms. The average molecular weight is 222 g/mol. The molecule has 1 aliphatic rings. The number of hydrogen-bond donors (Lipinski definition) is 0. The lowest BCUT2D eigenvalue weighted by atomic mass is 9.84. The van der Waals surface area contributed by atoms with Crippen LogP contribution in [-0.4, -0.2) is 23.9 Å². The second-order valence-electron chi connectivity index (χ2n) is 5.02. The summed E-state index contributed by atoms with van der Waals surface area (Å²) in [4.78, 5) is 14.0. The fourth-order valence-corrected chi connectivity index (χ4v) is 2.05. The molecule has 0 radical (unpaired) electrons. The number of amides is 1. The molecule has 3 heteroatoms. The Morgan fingerprint density at radius 3 is 2.44 bits per heavy atom. The number of nitriles is 1. The molecule has 1 unspecified atom stereocenters. The zero-order valence-electron chi connectivity index (χ0n) is 10.6. The first-order valence-electron chi connectivity index (χ1n) is 6.28. The minimum absolute atomic E-state index is 0.0203. The van der Waals surface area contributed by atoms with Crippen molar-refractivity contribution in [2.45, 2.75) is 40.0 Å². The van der Waals surface area contributed by atoms with E-state index < -0.39 is 5.92 Å². The first-order chi connectivity index (χ1) is 7.60. The molecule has 0 aliphatic heterocycles. The number of hydrogen-bond acceptors (Lipinski definition) is 2. The Hall–Kier alpha value is -1.04. The Labute approximate surface area is 98.4 Å². The van der Waals surface area contributed by atoms with Gasteiger partial charge < -0.3 is 4.90 Å². The van der Waals surface area contributed by atoms with Gasteiger partial charge in [-0.3, -0.25) is 4.79 Å². The molecule has 0 heterocycles. The second-order valence-corrected chi connectivity index (χ2v) is 5.02. The highest BCUT2D eigenvalue weighted by Gasteiger charge is 2.29. The molecule has 1 amide bonds. The van der Waals surface area contributed by atoms with Gasteiger partial charge in [-0.25, -0.2) is 0 Å². The molecule has 1 aliphatic carbocycles. The number of rotatable bonds is 5. The second kappa shape index (κ2) is 5.89. The van der Waals surface area contributed by atoms with E-state index in [9.17, 15) is 4.79 Å². The summed E-state index contributed by atoms with van der Waals surface area (Å²) in [5, 5.41) is 9.02. The highest BCUT2D eigenvalue weighted by Crippen LogP contribution is 2.27.